The molecule has 0 aliphatic heterocycles. The van der Waals surface area contributed by atoms with Crippen LogP contribution in [0.5, 0.6) is 0 Å². The molecule has 0 spiro atoms. The maximum atomic E-state index is 4.87. The van der Waals surface area contributed by atoms with Crippen LogP contribution < -0.4 is 5.90 Å². The van der Waals surface area contributed by atoms with E-state index in [1.54, 1.807) is 0 Å². The quantitative estimate of drug-likeness (QED) is 0.407. The predicted octanol–water partition coefficient (Wildman–Crippen LogP) is 1.86. The third-order valence-corrected chi connectivity index (χ3v) is 1.62. The average Bonchev–Trinajstić information content (AvgIpc) is 1.97. The van der Waals surface area contributed by atoms with E-state index in [0.717, 1.165) is 6.42 Å². The number of nitrogens with two attached hydrogens (primary N) is 1. The van der Waals surface area contributed by atoms with Crippen LogP contribution in [-0.4, -0.2) is 23.7 Å². The fraction of sp³-hybridized carbons (Fsp3) is 1.00. The second-order valence-electron chi connectivity index (χ2n) is 2.64. The fourth-order valence-electron chi connectivity index (χ4n) is 0.966. The van der Waals surface area contributed by atoms with Crippen LogP contribution in [0.4, 0.5) is 0 Å². The maximum Gasteiger partial charge on any atom is 0.0679 e. The van der Waals surface area contributed by atoms with Crippen molar-refractivity contribution < 1.29 is 4.84 Å². The summed E-state index contributed by atoms with van der Waals surface area (Å²) in [5.74, 6) is 4.87. The molecule has 2 nitrogen and oxygen atoms in total. The van der Waals surface area contributed by atoms with Crippen molar-refractivity contribution in [2.75, 3.05) is 6.61 Å². The molecular formula is C8H19NOSe. The van der Waals surface area contributed by atoms with Gasteiger partial charge in [0.15, 0.2) is 0 Å². The Morgan fingerprint density at radius 1 is 1.00 bits per heavy atom. The SMILES string of the molecule is CCCCCCCCON.[Se]. The third-order valence-electron chi connectivity index (χ3n) is 1.62. The Morgan fingerprint density at radius 2 is 1.55 bits per heavy atom. The fourth-order valence-corrected chi connectivity index (χ4v) is 0.966. The molecule has 0 unspecified atom stereocenters. The molecule has 3 heteroatoms. The first kappa shape index (κ1) is 14.0. The van der Waals surface area contributed by atoms with Gasteiger partial charge in [-0.05, 0) is 6.42 Å². The van der Waals surface area contributed by atoms with E-state index >= 15 is 0 Å². The minimum atomic E-state index is 0. The van der Waals surface area contributed by atoms with Gasteiger partial charge in [-0.15, -0.1) is 0 Å². The molecular weight excluding hydrogens is 205 g/mol. The van der Waals surface area contributed by atoms with Gasteiger partial charge in [0.1, 0.15) is 0 Å². The molecule has 0 saturated heterocycles. The zero-order chi connectivity index (χ0) is 7.66. The van der Waals surface area contributed by atoms with Gasteiger partial charge < -0.3 is 4.84 Å². The van der Waals surface area contributed by atoms with Gasteiger partial charge in [-0.2, -0.15) is 0 Å². The maximum absolute atomic E-state index is 4.87. The van der Waals surface area contributed by atoms with Crippen LogP contribution in [0, 0.1) is 0 Å². The van der Waals surface area contributed by atoms with E-state index in [9.17, 15) is 0 Å². The van der Waals surface area contributed by atoms with Gasteiger partial charge in [-0.25, -0.2) is 5.90 Å². The predicted molar refractivity (Wildman–Crippen MR) is 49.3 cm³/mol. The molecule has 11 heavy (non-hydrogen) atoms. The summed E-state index contributed by atoms with van der Waals surface area (Å²) in [4.78, 5) is 4.45. The summed E-state index contributed by atoms with van der Waals surface area (Å²) >= 11 is 0. The van der Waals surface area contributed by atoms with E-state index in [4.69, 9.17) is 5.90 Å². The minimum Gasteiger partial charge on any atom is -0.305 e. The Hall–Kier alpha value is 0.439. The average molecular weight is 224 g/mol. The minimum absolute atomic E-state index is 0. The normalized spacial score (nSPS) is 9.27. The molecule has 2 N–H and O–H groups in total. The Morgan fingerprint density at radius 3 is 2.09 bits per heavy atom. The summed E-state index contributed by atoms with van der Waals surface area (Å²) in [6.45, 7) is 2.94. The molecule has 0 bridgehead atoms. The van der Waals surface area contributed by atoms with E-state index in [2.05, 4.69) is 11.8 Å². The number of rotatable bonds is 7. The summed E-state index contributed by atoms with van der Waals surface area (Å²) < 4.78 is 0. The molecule has 0 heterocycles. The van der Waals surface area contributed by atoms with Gasteiger partial charge >= 0.3 is 0 Å². The summed E-state index contributed by atoms with van der Waals surface area (Å²) in [5, 5.41) is 0. The second kappa shape index (κ2) is 13.1. The Bertz CT molecular complexity index is 54.1. The van der Waals surface area contributed by atoms with Crippen molar-refractivity contribution in [1.29, 1.82) is 0 Å². The molecule has 0 aliphatic rings. The first-order valence-electron chi connectivity index (χ1n) is 4.23. The first-order valence-corrected chi connectivity index (χ1v) is 4.23. The standard InChI is InChI=1S/C8H19NO.Se/c1-2-3-4-5-6-7-8-10-9;/h2-9H2,1H3;. The molecule has 0 fully saturated rings. The number of unbranched alkanes of at least 4 members (excludes halogenated alkanes) is 5. The molecule has 0 aliphatic carbocycles. The van der Waals surface area contributed by atoms with Gasteiger partial charge in [0.2, 0.25) is 0 Å². The van der Waals surface area contributed by atoms with Crippen molar-refractivity contribution in [3.8, 4) is 0 Å². The van der Waals surface area contributed by atoms with Crippen molar-refractivity contribution in [3.05, 3.63) is 0 Å². The van der Waals surface area contributed by atoms with Crippen molar-refractivity contribution >= 4 is 17.1 Å². The van der Waals surface area contributed by atoms with Gasteiger partial charge in [-0.1, -0.05) is 39.0 Å². The van der Waals surface area contributed by atoms with Gasteiger partial charge in [0, 0.05) is 17.1 Å². The van der Waals surface area contributed by atoms with E-state index in [0.29, 0.717) is 6.61 Å². The molecule has 0 aromatic heterocycles. The Labute approximate surface area is 80.3 Å². The van der Waals surface area contributed by atoms with Crippen molar-refractivity contribution in [2.24, 2.45) is 5.90 Å². The van der Waals surface area contributed by atoms with Gasteiger partial charge in [-0.3, -0.25) is 0 Å². The van der Waals surface area contributed by atoms with Crippen LogP contribution in [0.25, 0.3) is 0 Å². The molecule has 0 rings (SSSR count). The molecule has 2 radical (unpaired) electrons. The molecule has 0 aromatic rings. The zero-order valence-corrected chi connectivity index (χ0v) is 9.06. The van der Waals surface area contributed by atoms with Crippen LogP contribution >= 0.6 is 0 Å². The zero-order valence-electron chi connectivity index (χ0n) is 7.34. The van der Waals surface area contributed by atoms with Crippen molar-refractivity contribution in [3.63, 3.8) is 0 Å². The van der Waals surface area contributed by atoms with Crippen molar-refractivity contribution in [2.45, 2.75) is 45.4 Å². The summed E-state index contributed by atoms with van der Waals surface area (Å²) in [6.07, 6.45) is 7.74. The van der Waals surface area contributed by atoms with Crippen LogP contribution in [0.15, 0.2) is 0 Å². The van der Waals surface area contributed by atoms with E-state index in [1.807, 2.05) is 0 Å². The smallest absolute Gasteiger partial charge is 0.0679 e. The van der Waals surface area contributed by atoms with Gasteiger partial charge in [0.05, 0.1) is 6.61 Å². The number of hydrogen-bond acceptors (Lipinski definition) is 2. The Kier molecular flexibility index (Phi) is 16.6. The topological polar surface area (TPSA) is 35.2 Å². The molecule has 0 aromatic carbocycles. The van der Waals surface area contributed by atoms with Crippen LogP contribution in [-0.2, 0) is 4.84 Å². The summed E-state index contributed by atoms with van der Waals surface area (Å²) in [6, 6.07) is 0. The number of hydrogen-bond donors (Lipinski definition) is 1. The van der Waals surface area contributed by atoms with Crippen LogP contribution in [0.3, 0.4) is 0 Å². The van der Waals surface area contributed by atoms with E-state index in [1.165, 1.54) is 32.1 Å². The third kappa shape index (κ3) is 13.4. The largest absolute Gasteiger partial charge is 0.305 e. The van der Waals surface area contributed by atoms with Gasteiger partial charge in [0.25, 0.3) is 0 Å². The van der Waals surface area contributed by atoms with Crippen LogP contribution in [0.1, 0.15) is 45.4 Å². The molecule has 0 saturated carbocycles. The summed E-state index contributed by atoms with van der Waals surface area (Å²) in [7, 11) is 0. The van der Waals surface area contributed by atoms with E-state index < -0.39 is 0 Å². The van der Waals surface area contributed by atoms with Crippen LogP contribution in [0.2, 0.25) is 0 Å². The molecule has 0 amide bonds. The second-order valence-corrected chi connectivity index (χ2v) is 2.64. The first-order chi connectivity index (χ1) is 4.91. The molecule has 0 atom stereocenters. The van der Waals surface area contributed by atoms with Crippen molar-refractivity contribution in [1.82, 2.24) is 0 Å². The van der Waals surface area contributed by atoms with E-state index in [-0.39, 0.29) is 17.1 Å². The molecule has 68 valence electrons. The Balaban J connectivity index is 0. The monoisotopic (exact) mass is 225 g/mol. The summed E-state index contributed by atoms with van der Waals surface area (Å²) in [5.41, 5.74) is 0.